The van der Waals surface area contributed by atoms with Crippen molar-refractivity contribution in [3.63, 3.8) is 0 Å². The number of fused-ring (bicyclic) bond motifs is 1. The summed E-state index contributed by atoms with van der Waals surface area (Å²) in [6, 6.07) is 49.0. The van der Waals surface area contributed by atoms with Gasteiger partial charge >= 0.3 is 0 Å². The molecule has 1 N–H and O–H groups in total. The van der Waals surface area contributed by atoms with Gasteiger partial charge in [-0.2, -0.15) is 0 Å². The highest BCUT2D eigenvalue weighted by molar-refractivity contribution is 8.00. The molecule has 9 fully saturated rings. The summed E-state index contributed by atoms with van der Waals surface area (Å²) in [5.74, 6) is 28.2. The summed E-state index contributed by atoms with van der Waals surface area (Å²) in [6.07, 6.45) is 42.3. The molecule has 740 valence electrons. The van der Waals surface area contributed by atoms with Crippen LogP contribution in [0, 0.1) is 35.0 Å². The van der Waals surface area contributed by atoms with E-state index in [1.54, 1.807) is 17.0 Å². The normalized spacial score (nSPS) is 20.1. The van der Waals surface area contributed by atoms with E-state index >= 15 is 0 Å². The number of phenolic OH excluding ortho intramolecular Hbond substituents is 1. The van der Waals surface area contributed by atoms with E-state index in [-0.39, 0.29) is 63.9 Å². The lowest BCUT2D eigenvalue weighted by molar-refractivity contribution is -0.124. The fourth-order valence-electron chi connectivity index (χ4n) is 21.1. The Balaban J connectivity index is 0.000000173. The van der Waals surface area contributed by atoms with Crippen LogP contribution in [0.4, 0.5) is 0 Å². The predicted octanol–water partition coefficient (Wildman–Crippen LogP) is 28.1. The van der Waals surface area contributed by atoms with Crippen LogP contribution in [-0.4, -0.2) is 170 Å². The number of carbonyl (C=O) groups is 6. The van der Waals surface area contributed by atoms with Gasteiger partial charge in [0.05, 0.1) is 6.61 Å². The van der Waals surface area contributed by atoms with Crippen LogP contribution in [0.3, 0.4) is 0 Å². The molecule has 0 radical (unpaired) electrons. The van der Waals surface area contributed by atoms with E-state index < -0.39 is 0 Å². The molecule has 3 aliphatic carbocycles. The molecular weight excluding hydrogens is 1800 g/mol. The third kappa shape index (κ3) is 36.3. The molecule has 134 heavy (non-hydrogen) atoms. The standard InChI is InChI=1S/C20H33OS.C18H23OS.C17H23OS.C17H25OS.C13H23OS.C12H19OS.C11H21OS.C10H12OS/c1-6-8-15-22(16-9-7-2)19(20(3,4)5)18(21)17-13-11-10-12-14-17;1-2-3-12-19-17-10-11-18(20-13-6-7-14-20)16-9-5-4-8-15(16)17;18-16(15-9-3-1-4-10-15)17(11-5-2-6-12-17)19-13-7-8-14-19;1-13-7-9-14(10-8-13)15(18)16(17(2,3)4)19-11-5-6-12-19;1-13(2)8-11(7-12(14)9-13)10-15-5-3-4-6-15;13-12(10-14-8-4-5-9-14)11-6-2-1-3-7-11;1-9(2)10(12)11(3,4)13-7-5-6-8-13;11-9-3-5-10(6-4-9)12-7-1-2-8-12/h10-14,19H,6-9,15-16H2,1-5H3;4-5,8-11H,2-3,6-7,12-14H2,1H3;1,3-4,9-10H,2,5-8,11-14H2;7-10,16H,5-6,11-12H2,1-4H3;11H,3-10H2,1-2H3;6H,1-5,7-10H2;9H,5-8H2,1-4H3;3-6H,1-2,7-8H2/q7*+1;/p+1. The van der Waals surface area contributed by atoms with Crippen LogP contribution in [0.2, 0.25) is 0 Å². The lowest BCUT2D eigenvalue weighted by Crippen LogP contribution is -2.48. The second kappa shape index (κ2) is 58.4. The van der Waals surface area contributed by atoms with Gasteiger partial charge in [0, 0.05) is 119 Å². The number of ether oxygens (including phenoxy) is 1. The summed E-state index contributed by atoms with van der Waals surface area (Å²) in [7, 11) is 3.26. The largest absolute Gasteiger partial charge is 0.508 e. The molecular formula is C118H180O8S8+8. The van der Waals surface area contributed by atoms with Crippen molar-refractivity contribution in [3.8, 4) is 11.5 Å². The van der Waals surface area contributed by atoms with Crippen LogP contribution in [-0.2, 0) is 102 Å². The number of carbonyl (C=O) groups excluding carboxylic acids is 6. The zero-order valence-electron chi connectivity index (χ0n) is 86.4. The first-order valence-electron chi connectivity index (χ1n) is 52.6. The Morgan fingerprint density at radius 3 is 1.54 bits per heavy atom. The van der Waals surface area contributed by atoms with Gasteiger partial charge < -0.3 is 9.84 Å². The third-order valence-corrected chi connectivity index (χ3v) is 51.1. The van der Waals surface area contributed by atoms with Gasteiger partial charge in [-0.25, -0.2) is 0 Å². The Hall–Kier alpha value is -4.26. The number of ketones is 6. The third-order valence-electron chi connectivity index (χ3n) is 28.1. The highest BCUT2D eigenvalue weighted by atomic mass is 32.2. The molecule has 6 aromatic carbocycles. The van der Waals surface area contributed by atoms with Gasteiger partial charge in [-0.1, -0.05) is 230 Å². The second-order valence-corrected chi connectivity index (χ2v) is 62.4. The van der Waals surface area contributed by atoms with Gasteiger partial charge in [0.25, 0.3) is 0 Å². The van der Waals surface area contributed by atoms with Crippen LogP contribution in [0.15, 0.2) is 167 Å². The predicted molar refractivity (Wildman–Crippen MR) is 601 cm³/mol. The van der Waals surface area contributed by atoms with Crippen LogP contribution >= 0.6 is 0 Å². The number of unbranched alkanes of at least 4 members (excludes halogenated alkanes) is 3. The van der Waals surface area contributed by atoms with E-state index in [0.29, 0.717) is 112 Å². The molecule has 8 nitrogen and oxygen atoms in total. The minimum Gasteiger partial charge on any atom is -0.508 e. The summed E-state index contributed by atoms with van der Waals surface area (Å²) in [6.45, 7) is 35.8. The molecule has 0 spiro atoms. The Bertz CT molecular complexity index is 4450. The number of rotatable bonds is 29. The maximum absolute atomic E-state index is 13.2. The molecule has 7 aliphatic heterocycles. The molecule has 0 amide bonds. The number of phenols is 1. The van der Waals surface area contributed by atoms with E-state index in [1.807, 2.05) is 98.8 Å². The zero-order valence-corrected chi connectivity index (χ0v) is 92.9. The van der Waals surface area contributed by atoms with Gasteiger partial charge in [0.15, 0.2) is 41.3 Å². The van der Waals surface area contributed by atoms with Crippen molar-refractivity contribution in [1.29, 1.82) is 0 Å². The Labute approximate surface area is 839 Å². The van der Waals surface area contributed by atoms with E-state index in [1.165, 1.54) is 280 Å². The maximum Gasteiger partial charge on any atom is 0.217 e. The highest BCUT2D eigenvalue weighted by Crippen LogP contribution is 2.45. The van der Waals surface area contributed by atoms with Crippen LogP contribution in [0.25, 0.3) is 10.8 Å². The molecule has 16 heteroatoms. The first-order valence-corrected chi connectivity index (χ1v) is 65.6. The number of allylic oxidation sites excluding steroid dienone is 2. The minimum absolute atomic E-state index is 0.0100. The SMILES string of the molecule is CC(C)C(=O)C(C)(C)[S+]1CCCC1.CC1(C)CC(=O)CC(C[S+]2CCCC2)C1.CCCCOc1ccc([S+]2CCCC2)c2ccccc12.CCCC[S+](CCCC)C(C(=O)c1ccccc1)C(C)(C)C.Cc1ccc(C(=O)C([S+]2CCCC2)C(C)(C)C)cc1.O=C(C[S+]1CCCC1)C1=CCCCC1.O=C(c1ccccc1)C1([S+]2CCCC2)CCCCC1.Oc1ccc([S+]2CCCC2)cc1. The lowest BCUT2D eigenvalue weighted by Gasteiger charge is -2.33. The minimum atomic E-state index is -0.0509. The van der Waals surface area contributed by atoms with Crippen LogP contribution < -0.4 is 4.74 Å². The van der Waals surface area contributed by atoms with E-state index in [9.17, 15) is 28.8 Å². The van der Waals surface area contributed by atoms with Crippen molar-refractivity contribution in [2.75, 3.05) is 110 Å². The van der Waals surface area contributed by atoms with Gasteiger partial charge in [-0.15, -0.1) is 0 Å². The number of aromatic hydroxyl groups is 1. The van der Waals surface area contributed by atoms with Gasteiger partial charge in [0.1, 0.15) is 115 Å². The summed E-state index contributed by atoms with van der Waals surface area (Å²) >= 11 is 0. The van der Waals surface area contributed by atoms with E-state index in [2.05, 4.69) is 152 Å². The van der Waals surface area contributed by atoms with E-state index in [4.69, 9.17) is 9.84 Å². The Morgan fingerprint density at radius 1 is 0.507 bits per heavy atom. The van der Waals surface area contributed by atoms with Crippen LogP contribution in [0.5, 0.6) is 11.5 Å². The molecule has 2 saturated carbocycles. The van der Waals surface area contributed by atoms with Crippen molar-refractivity contribution < 1.29 is 38.6 Å². The van der Waals surface area contributed by atoms with Crippen molar-refractivity contribution in [1.82, 2.24) is 0 Å². The quantitative estimate of drug-likeness (QED) is 0.0279. The van der Waals surface area contributed by atoms with Crippen molar-refractivity contribution in [2.24, 2.45) is 28.1 Å². The van der Waals surface area contributed by atoms with Gasteiger partial charge in [-0.3, -0.25) is 28.8 Å². The molecule has 3 atom stereocenters. The monoisotopic (exact) mass is 1980 g/mol. The molecule has 7 heterocycles. The summed E-state index contributed by atoms with van der Waals surface area (Å²) in [4.78, 5) is 77.7. The number of benzene rings is 6. The fourth-order valence-corrected chi connectivity index (χ4v) is 43.7. The average Bonchev–Trinajstić information content (AvgIpc) is 1.32. The maximum atomic E-state index is 13.2. The van der Waals surface area contributed by atoms with Gasteiger partial charge in [0.2, 0.25) is 23.1 Å². The number of hydrogen-bond acceptors (Lipinski definition) is 8. The second-order valence-electron chi connectivity index (χ2n) is 43.1. The first kappa shape index (κ1) is 113. The number of aryl methyl sites for hydroxylation is 1. The van der Waals surface area contributed by atoms with Crippen molar-refractivity contribution in [2.45, 2.75) is 346 Å². The lowest BCUT2D eigenvalue weighted by atomic mass is 9.72. The fraction of sp³-hybridized carbons (Fsp3) is 0.644. The topological polar surface area (TPSA) is 132 Å². The van der Waals surface area contributed by atoms with Crippen molar-refractivity contribution in [3.05, 3.63) is 179 Å². The summed E-state index contributed by atoms with van der Waals surface area (Å²) in [5, 5.41) is 12.1. The Morgan fingerprint density at radius 2 is 1.01 bits per heavy atom. The zero-order chi connectivity index (χ0) is 96.7. The Kier molecular flexibility index (Phi) is 49.4. The molecule has 0 bridgehead atoms. The summed E-state index contributed by atoms with van der Waals surface area (Å²) < 4.78 is 5.94. The molecule has 0 aromatic heterocycles. The van der Waals surface area contributed by atoms with Crippen molar-refractivity contribution >= 4 is 133 Å². The highest BCUT2D eigenvalue weighted by Gasteiger charge is 2.56. The van der Waals surface area contributed by atoms with Crippen LogP contribution in [0.1, 0.15) is 346 Å². The van der Waals surface area contributed by atoms with E-state index in [0.717, 1.165) is 85.3 Å². The smallest absolute Gasteiger partial charge is 0.217 e. The summed E-state index contributed by atoms with van der Waals surface area (Å²) in [5.41, 5.74) is 5.46. The molecule has 6 aromatic rings. The van der Waals surface area contributed by atoms with Gasteiger partial charge in [-0.05, 0) is 272 Å². The number of Topliss-reactive ketones (excluding diaryl/α,β-unsaturated/α-hetero) is 6. The average molecular weight is 1980 g/mol. The number of hydrogen-bond donors (Lipinski definition) is 1. The molecule has 16 rings (SSSR count). The molecule has 3 unspecified atom stereocenters. The first-order chi connectivity index (χ1) is 64.3. The molecule has 10 aliphatic rings. The molecule has 7 saturated heterocycles.